The van der Waals surface area contributed by atoms with E-state index < -0.39 is 6.10 Å². The number of rotatable bonds is 7. The molecule has 0 fully saturated rings. The van der Waals surface area contributed by atoms with Crippen molar-refractivity contribution in [3.8, 4) is 11.5 Å². The number of hydrogen-bond donors (Lipinski definition) is 2. The molecular weight excluding hydrogens is 358 g/mol. The summed E-state index contributed by atoms with van der Waals surface area (Å²) in [7, 11) is 1.58. The fourth-order valence-electron chi connectivity index (χ4n) is 3.03. The third-order valence-electron chi connectivity index (χ3n) is 4.39. The zero-order valence-corrected chi connectivity index (χ0v) is 16.1. The van der Waals surface area contributed by atoms with Gasteiger partial charge in [0.2, 0.25) is 5.91 Å². The van der Waals surface area contributed by atoms with E-state index in [1.807, 2.05) is 48.2 Å². The lowest BCUT2D eigenvalue weighted by Crippen LogP contribution is -2.50. The van der Waals surface area contributed by atoms with Gasteiger partial charge in [0.1, 0.15) is 11.5 Å². The smallest absolute Gasteiger partial charge is 0.262 e. The SMILES string of the molecule is CCCNC(=O)[C@@H]1CN(CC(=O)Nc2cccc(OC)c2)c2ccccc2O1. The van der Waals surface area contributed by atoms with Crippen LogP contribution in [0, 0.1) is 0 Å². The zero-order valence-electron chi connectivity index (χ0n) is 16.1. The molecule has 0 radical (unpaired) electrons. The monoisotopic (exact) mass is 383 g/mol. The summed E-state index contributed by atoms with van der Waals surface area (Å²) in [5, 5.41) is 5.73. The van der Waals surface area contributed by atoms with Gasteiger partial charge in [-0.2, -0.15) is 0 Å². The van der Waals surface area contributed by atoms with E-state index in [1.165, 1.54) is 0 Å². The largest absolute Gasteiger partial charge is 0.497 e. The topological polar surface area (TPSA) is 79.9 Å². The van der Waals surface area contributed by atoms with Gasteiger partial charge in [-0.1, -0.05) is 25.1 Å². The molecule has 7 heteroatoms. The molecule has 2 amide bonds. The predicted octanol–water partition coefficient (Wildman–Crippen LogP) is 2.43. The van der Waals surface area contributed by atoms with Crippen molar-refractivity contribution in [2.24, 2.45) is 0 Å². The highest BCUT2D eigenvalue weighted by molar-refractivity contribution is 5.95. The quantitative estimate of drug-likeness (QED) is 0.768. The Labute approximate surface area is 164 Å². The van der Waals surface area contributed by atoms with E-state index >= 15 is 0 Å². The van der Waals surface area contributed by atoms with Crippen LogP contribution in [0.15, 0.2) is 48.5 Å². The summed E-state index contributed by atoms with van der Waals surface area (Å²) < 4.78 is 11.0. The van der Waals surface area contributed by atoms with Crippen LogP contribution in [0.1, 0.15) is 13.3 Å². The molecule has 0 bridgehead atoms. The van der Waals surface area contributed by atoms with Crippen molar-refractivity contribution in [3.05, 3.63) is 48.5 Å². The first-order valence-corrected chi connectivity index (χ1v) is 9.33. The van der Waals surface area contributed by atoms with E-state index in [0.29, 0.717) is 30.3 Å². The van der Waals surface area contributed by atoms with Crippen LogP contribution in [0.25, 0.3) is 0 Å². The Kier molecular flexibility index (Phi) is 6.37. The van der Waals surface area contributed by atoms with Gasteiger partial charge in [-0.3, -0.25) is 9.59 Å². The summed E-state index contributed by atoms with van der Waals surface area (Å²) in [6, 6.07) is 14.6. The number of nitrogens with one attached hydrogen (secondary N) is 2. The molecule has 2 aromatic rings. The number of anilines is 2. The highest BCUT2D eigenvalue weighted by atomic mass is 16.5. The Morgan fingerprint density at radius 2 is 2.04 bits per heavy atom. The number of hydrogen-bond acceptors (Lipinski definition) is 5. The highest BCUT2D eigenvalue weighted by Gasteiger charge is 2.31. The Balaban J connectivity index is 1.71. The number of para-hydroxylation sites is 2. The molecule has 1 aliphatic rings. The Morgan fingerprint density at radius 3 is 2.82 bits per heavy atom. The Morgan fingerprint density at radius 1 is 1.21 bits per heavy atom. The van der Waals surface area contributed by atoms with Crippen molar-refractivity contribution >= 4 is 23.2 Å². The van der Waals surface area contributed by atoms with Gasteiger partial charge in [-0.15, -0.1) is 0 Å². The Hall–Kier alpha value is -3.22. The molecule has 1 atom stereocenters. The van der Waals surface area contributed by atoms with Crippen LogP contribution in [0.5, 0.6) is 11.5 Å². The molecule has 2 aromatic carbocycles. The molecule has 0 unspecified atom stereocenters. The number of fused-ring (bicyclic) bond motifs is 1. The molecule has 28 heavy (non-hydrogen) atoms. The maximum Gasteiger partial charge on any atom is 0.262 e. The second-order valence-corrected chi connectivity index (χ2v) is 6.53. The molecule has 0 aromatic heterocycles. The lowest BCUT2D eigenvalue weighted by atomic mass is 10.1. The van der Waals surface area contributed by atoms with Crippen molar-refractivity contribution in [2.75, 3.05) is 37.0 Å². The van der Waals surface area contributed by atoms with Gasteiger partial charge in [0.15, 0.2) is 6.10 Å². The highest BCUT2D eigenvalue weighted by Crippen LogP contribution is 2.33. The molecule has 1 heterocycles. The van der Waals surface area contributed by atoms with Crippen LogP contribution in [-0.4, -0.2) is 44.7 Å². The normalized spacial score (nSPS) is 15.2. The van der Waals surface area contributed by atoms with E-state index in [0.717, 1.165) is 12.1 Å². The predicted molar refractivity (Wildman–Crippen MR) is 108 cm³/mol. The van der Waals surface area contributed by atoms with Crippen LogP contribution in [0.3, 0.4) is 0 Å². The number of benzene rings is 2. The number of nitrogens with zero attached hydrogens (tertiary/aromatic N) is 1. The van der Waals surface area contributed by atoms with Crippen LogP contribution in [-0.2, 0) is 9.59 Å². The minimum atomic E-state index is -0.661. The number of methoxy groups -OCH3 is 1. The van der Waals surface area contributed by atoms with E-state index in [-0.39, 0.29) is 18.4 Å². The van der Waals surface area contributed by atoms with Crippen LogP contribution < -0.4 is 25.0 Å². The van der Waals surface area contributed by atoms with E-state index in [4.69, 9.17) is 9.47 Å². The van der Waals surface area contributed by atoms with Crippen molar-refractivity contribution in [1.82, 2.24) is 5.32 Å². The fourth-order valence-corrected chi connectivity index (χ4v) is 3.03. The number of amides is 2. The van der Waals surface area contributed by atoms with Gasteiger partial charge in [0.25, 0.3) is 5.91 Å². The van der Waals surface area contributed by atoms with Gasteiger partial charge in [0.05, 0.1) is 25.9 Å². The summed E-state index contributed by atoms with van der Waals surface area (Å²) in [6.07, 6.45) is 0.188. The molecule has 148 valence electrons. The van der Waals surface area contributed by atoms with Gasteiger partial charge >= 0.3 is 0 Å². The third kappa shape index (κ3) is 4.73. The molecule has 0 saturated carbocycles. The van der Waals surface area contributed by atoms with Crippen LogP contribution in [0.2, 0.25) is 0 Å². The lowest BCUT2D eigenvalue weighted by Gasteiger charge is -2.35. The number of carbonyl (C=O) groups is 2. The summed E-state index contributed by atoms with van der Waals surface area (Å²) in [5.74, 6) is 0.911. The van der Waals surface area contributed by atoms with Crippen LogP contribution in [0.4, 0.5) is 11.4 Å². The fraction of sp³-hybridized carbons (Fsp3) is 0.333. The summed E-state index contributed by atoms with van der Waals surface area (Å²) in [4.78, 5) is 26.9. The molecule has 1 aliphatic heterocycles. The van der Waals surface area contributed by atoms with Crippen molar-refractivity contribution < 1.29 is 19.1 Å². The summed E-state index contributed by atoms with van der Waals surface area (Å²) >= 11 is 0. The van der Waals surface area contributed by atoms with Gasteiger partial charge < -0.3 is 25.0 Å². The minimum Gasteiger partial charge on any atom is -0.497 e. The first-order valence-electron chi connectivity index (χ1n) is 9.33. The maximum atomic E-state index is 12.6. The minimum absolute atomic E-state index is 0.106. The average Bonchev–Trinajstić information content (AvgIpc) is 2.71. The third-order valence-corrected chi connectivity index (χ3v) is 4.39. The van der Waals surface area contributed by atoms with Gasteiger partial charge in [-0.25, -0.2) is 0 Å². The molecule has 0 spiro atoms. The second-order valence-electron chi connectivity index (χ2n) is 6.53. The summed E-state index contributed by atoms with van der Waals surface area (Å²) in [6.45, 7) is 3.00. The lowest BCUT2D eigenvalue weighted by molar-refractivity contribution is -0.128. The summed E-state index contributed by atoms with van der Waals surface area (Å²) in [5.41, 5.74) is 1.45. The number of ether oxygens (including phenoxy) is 2. The zero-order chi connectivity index (χ0) is 19.9. The first-order chi connectivity index (χ1) is 13.6. The molecule has 7 nitrogen and oxygen atoms in total. The average molecular weight is 383 g/mol. The van der Waals surface area contributed by atoms with Crippen molar-refractivity contribution in [2.45, 2.75) is 19.4 Å². The maximum absolute atomic E-state index is 12.6. The van der Waals surface area contributed by atoms with Gasteiger partial charge in [0, 0.05) is 18.3 Å². The molecule has 0 saturated heterocycles. The van der Waals surface area contributed by atoms with E-state index in [9.17, 15) is 9.59 Å². The standard InChI is InChI=1S/C21H25N3O4/c1-3-11-22-21(26)19-13-24(17-9-4-5-10-18(17)28-19)14-20(25)23-15-7-6-8-16(12-15)27-2/h4-10,12,19H,3,11,13-14H2,1-2H3,(H,22,26)(H,23,25)/t19-/m0/s1. The Bertz CT molecular complexity index is 840. The van der Waals surface area contributed by atoms with Crippen LogP contribution >= 0.6 is 0 Å². The van der Waals surface area contributed by atoms with Crippen molar-refractivity contribution in [1.29, 1.82) is 0 Å². The van der Waals surface area contributed by atoms with E-state index in [2.05, 4.69) is 10.6 Å². The van der Waals surface area contributed by atoms with E-state index in [1.54, 1.807) is 19.2 Å². The number of carbonyl (C=O) groups excluding carboxylic acids is 2. The molecular formula is C21H25N3O4. The second kappa shape index (κ2) is 9.12. The first kappa shape index (κ1) is 19.5. The van der Waals surface area contributed by atoms with Gasteiger partial charge in [-0.05, 0) is 30.7 Å². The molecule has 0 aliphatic carbocycles. The molecule has 3 rings (SSSR count). The van der Waals surface area contributed by atoms with Crippen molar-refractivity contribution in [3.63, 3.8) is 0 Å². The molecule has 2 N–H and O–H groups in total.